The number of fused-ring (bicyclic) bond motifs is 1. The number of rotatable bonds is 5. The molecule has 134 valence electrons. The van der Waals surface area contributed by atoms with Gasteiger partial charge in [0.2, 0.25) is 0 Å². The van der Waals surface area contributed by atoms with E-state index < -0.39 is 0 Å². The van der Waals surface area contributed by atoms with E-state index in [9.17, 15) is 4.79 Å². The van der Waals surface area contributed by atoms with Gasteiger partial charge >= 0.3 is 0 Å². The Balaban J connectivity index is 0.00000243. The number of methoxy groups -OCH3 is 2. The monoisotopic (exact) mass is 348 g/mol. The van der Waals surface area contributed by atoms with Gasteiger partial charge in [-0.1, -0.05) is 49.9 Å². The molecule has 0 saturated heterocycles. The first kappa shape index (κ1) is 19.3. The Bertz CT molecular complexity index is 955. The number of hydrogen-bond acceptors (Lipinski definition) is 3. The van der Waals surface area contributed by atoms with Gasteiger partial charge in [0.05, 0.1) is 14.2 Å². The molecule has 3 rings (SSSR count). The first-order chi connectivity index (χ1) is 12.1. The molecule has 0 aliphatic rings. The average Bonchev–Trinajstić information content (AvgIpc) is 2.67. The first-order valence-electron chi connectivity index (χ1n) is 8.07. The van der Waals surface area contributed by atoms with Crippen molar-refractivity contribution in [3.63, 3.8) is 0 Å². The number of aryl methyl sites for hydroxylation is 1. The molecule has 0 fully saturated rings. The lowest BCUT2D eigenvalue weighted by molar-refractivity contribution is 0.104. The highest BCUT2D eigenvalue weighted by Gasteiger charge is 2.09. The van der Waals surface area contributed by atoms with Crippen molar-refractivity contribution in [3.05, 3.63) is 77.4 Å². The van der Waals surface area contributed by atoms with Gasteiger partial charge in [0.15, 0.2) is 17.3 Å². The van der Waals surface area contributed by atoms with E-state index in [1.807, 2.05) is 24.3 Å². The van der Waals surface area contributed by atoms with Gasteiger partial charge in [0, 0.05) is 5.56 Å². The standard InChI is InChI=1S/C22H20O3.CH4/c1-15-8-9-16(19-7-5-4-6-18(15)19)10-12-20(23)17-11-13-21(24-2)22(14-17)25-3;/h4-14H,1-3H3;1H4/b12-10+;. The second-order valence-electron chi connectivity index (χ2n) is 5.78. The molecule has 0 atom stereocenters. The summed E-state index contributed by atoms with van der Waals surface area (Å²) in [6, 6.07) is 17.5. The molecule has 0 radical (unpaired) electrons. The highest BCUT2D eigenvalue weighted by molar-refractivity contribution is 6.08. The van der Waals surface area contributed by atoms with Crippen molar-refractivity contribution in [1.29, 1.82) is 0 Å². The molecule has 0 spiro atoms. The molecule has 0 aliphatic heterocycles. The zero-order chi connectivity index (χ0) is 17.8. The van der Waals surface area contributed by atoms with Gasteiger partial charge in [-0.05, 0) is 53.1 Å². The lowest BCUT2D eigenvalue weighted by Crippen LogP contribution is -1.97. The van der Waals surface area contributed by atoms with Gasteiger partial charge in [-0.3, -0.25) is 4.79 Å². The maximum atomic E-state index is 12.5. The maximum Gasteiger partial charge on any atom is 0.185 e. The molecule has 0 amide bonds. The van der Waals surface area contributed by atoms with Crippen LogP contribution in [0.4, 0.5) is 0 Å². The molecule has 3 aromatic rings. The number of carbonyl (C=O) groups excluding carboxylic acids is 1. The average molecular weight is 348 g/mol. The number of carbonyl (C=O) groups is 1. The Kier molecular flexibility index (Phi) is 6.18. The third kappa shape index (κ3) is 3.77. The minimum absolute atomic E-state index is 0. The van der Waals surface area contributed by atoms with Crippen molar-refractivity contribution in [2.45, 2.75) is 14.4 Å². The molecule has 3 heteroatoms. The van der Waals surface area contributed by atoms with Crippen molar-refractivity contribution in [2.75, 3.05) is 14.2 Å². The molecule has 3 nitrogen and oxygen atoms in total. The quantitative estimate of drug-likeness (QED) is 0.438. The van der Waals surface area contributed by atoms with Gasteiger partial charge in [-0.2, -0.15) is 0 Å². The highest BCUT2D eigenvalue weighted by atomic mass is 16.5. The van der Waals surface area contributed by atoms with Crippen molar-refractivity contribution in [3.8, 4) is 11.5 Å². The van der Waals surface area contributed by atoms with E-state index in [4.69, 9.17) is 9.47 Å². The lowest BCUT2D eigenvalue weighted by Gasteiger charge is -2.08. The third-order valence-corrected chi connectivity index (χ3v) is 4.26. The van der Waals surface area contributed by atoms with E-state index in [-0.39, 0.29) is 13.2 Å². The molecule has 0 bridgehead atoms. The Morgan fingerprint density at radius 2 is 1.58 bits per heavy atom. The van der Waals surface area contributed by atoms with E-state index in [0.29, 0.717) is 17.1 Å². The van der Waals surface area contributed by atoms with Crippen LogP contribution in [0.3, 0.4) is 0 Å². The first-order valence-corrected chi connectivity index (χ1v) is 8.07. The fraction of sp³-hybridized carbons (Fsp3) is 0.174. The van der Waals surface area contributed by atoms with E-state index in [0.717, 1.165) is 10.9 Å². The molecule has 0 aliphatic carbocycles. The second kappa shape index (κ2) is 8.34. The number of ketones is 1. The minimum Gasteiger partial charge on any atom is -0.493 e. The zero-order valence-corrected chi connectivity index (χ0v) is 14.6. The van der Waals surface area contributed by atoms with Crippen molar-refractivity contribution in [2.24, 2.45) is 0 Å². The van der Waals surface area contributed by atoms with Gasteiger partial charge < -0.3 is 9.47 Å². The van der Waals surface area contributed by atoms with E-state index in [1.165, 1.54) is 10.9 Å². The predicted octanol–water partition coefficient (Wildman–Crippen LogP) is 5.70. The van der Waals surface area contributed by atoms with Crippen LogP contribution in [0.5, 0.6) is 11.5 Å². The van der Waals surface area contributed by atoms with Crippen LogP contribution in [-0.2, 0) is 0 Å². The van der Waals surface area contributed by atoms with E-state index >= 15 is 0 Å². The van der Waals surface area contributed by atoms with Crippen LogP contribution in [0.25, 0.3) is 16.8 Å². The fourth-order valence-corrected chi connectivity index (χ4v) is 2.87. The Labute approximate surface area is 154 Å². The summed E-state index contributed by atoms with van der Waals surface area (Å²) >= 11 is 0. The molecule has 0 saturated carbocycles. The Morgan fingerprint density at radius 3 is 2.27 bits per heavy atom. The molecule has 0 unspecified atom stereocenters. The highest BCUT2D eigenvalue weighted by Crippen LogP contribution is 2.28. The van der Waals surface area contributed by atoms with Crippen LogP contribution in [0.1, 0.15) is 28.9 Å². The van der Waals surface area contributed by atoms with Crippen molar-refractivity contribution >= 4 is 22.6 Å². The van der Waals surface area contributed by atoms with Crippen LogP contribution >= 0.6 is 0 Å². The molecule has 3 aromatic carbocycles. The Morgan fingerprint density at radius 1 is 0.885 bits per heavy atom. The maximum absolute atomic E-state index is 12.5. The SMILES string of the molecule is C.COc1ccc(C(=O)/C=C/c2ccc(C)c3ccccc23)cc1OC. The number of hydrogen-bond donors (Lipinski definition) is 0. The van der Waals surface area contributed by atoms with Crippen LogP contribution in [0.15, 0.2) is 60.7 Å². The Hall–Kier alpha value is -3.07. The summed E-state index contributed by atoms with van der Waals surface area (Å²) in [5.74, 6) is 1.07. The smallest absolute Gasteiger partial charge is 0.185 e. The van der Waals surface area contributed by atoms with Crippen LogP contribution in [0.2, 0.25) is 0 Å². The molecular formula is C23H24O3. The molecule has 0 heterocycles. The van der Waals surface area contributed by atoms with Crippen molar-refractivity contribution < 1.29 is 14.3 Å². The summed E-state index contributed by atoms with van der Waals surface area (Å²) in [5, 5.41) is 2.34. The molecule has 26 heavy (non-hydrogen) atoms. The summed E-state index contributed by atoms with van der Waals surface area (Å²) in [7, 11) is 3.13. The summed E-state index contributed by atoms with van der Waals surface area (Å²) in [6.45, 7) is 2.09. The minimum atomic E-state index is -0.0781. The molecular weight excluding hydrogens is 324 g/mol. The van der Waals surface area contributed by atoms with Crippen molar-refractivity contribution in [1.82, 2.24) is 0 Å². The largest absolute Gasteiger partial charge is 0.493 e. The second-order valence-corrected chi connectivity index (χ2v) is 5.78. The van der Waals surface area contributed by atoms with Gasteiger partial charge in [0.1, 0.15) is 0 Å². The lowest BCUT2D eigenvalue weighted by atomic mass is 9.99. The van der Waals surface area contributed by atoms with E-state index in [2.05, 4.69) is 25.1 Å². The third-order valence-electron chi connectivity index (χ3n) is 4.26. The van der Waals surface area contributed by atoms with Gasteiger partial charge in [-0.15, -0.1) is 0 Å². The number of allylic oxidation sites excluding steroid dienone is 1. The predicted molar refractivity (Wildman–Crippen MR) is 108 cm³/mol. The summed E-state index contributed by atoms with van der Waals surface area (Å²) in [5.41, 5.74) is 2.80. The summed E-state index contributed by atoms with van der Waals surface area (Å²) in [4.78, 5) is 12.5. The van der Waals surface area contributed by atoms with Crippen LogP contribution < -0.4 is 9.47 Å². The number of benzene rings is 3. The van der Waals surface area contributed by atoms with E-state index in [1.54, 1.807) is 38.5 Å². The normalized spacial score (nSPS) is 10.6. The molecule has 0 aromatic heterocycles. The van der Waals surface area contributed by atoms with Gasteiger partial charge in [0.25, 0.3) is 0 Å². The van der Waals surface area contributed by atoms with Gasteiger partial charge in [-0.25, -0.2) is 0 Å². The van der Waals surface area contributed by atoms with Crippen LogP contribution in [-0.4, -0.2) is 20.0 Å². The molecule has 0 N–H and O–H groups in total. The van der Waals surface area contributed by atoms with Crippen LogP contribution in [0, 0.1) is 6.92 Å². The zero-order valence-electron chi connectivity index (χ0n) is 14.6. The topological polar surface area (TPSA) is 35.5 Å². The number of ether oxygens (including phenoxy) is 2. The summed E-state index contributed by atoms with van der Waals surface area (Å²) < 4.78 is 10.5. The fourth-order valence-electron chi connectivity index (χ4n) is 2.87. The summed E-state index contributed by atoms with van der Waals surface area (Å²) in [6.07, 6.45) is 3.46.